The lowest BCUT2D eigenvalue weighted by Crippen LogP contribution is -2.56. The number of hydrogen-bond donors (Lipinski definition) is 1. The molecule has 100 valence electrons. The summed E-state index contributed by atoms with van der Waals surface area (Å²) in [6.45, 7) is 6.87. The van der Waals surface area contributed by atoms with E-state index in [0.29, 0.717) is 0 Å². The zero-order valence-electron chi connectivity index (χ0n) is 11.8. The van der Waals surface area contributed by atoms with Crippen molar-refractivity contribution in [2.75, 3.05) is 13.1 Å². The molecule has 2 fully saturated rings. The van der Waals surface area contributed by atoms with Crippen molar-refractivity contribution in [3.8, 4) is 0 Å². The van der Waals surface area contributed by atoms with Gasteiger partial charge in [-0.1, -0.05) is 32.6 Å². The molecule has 0 aromatic heterocycles. The Morgan fingerprint density at radius 3 is 2.53 bits per heavy atom. The van der Waals surface area contributed by atoms with Crippen molar-refractivity contribution in [1.29, 1.82) is 0 Å². The fourth-order valence-electron chi connectivity index (χ4n) is 3.57. The minimum Gasteiger partial charge on any atom is -0.329 e. The molecule has 2 heteroatoms. The van der Waals surface area contributed by atoms with Gasteiger partial charge in [-0.3, -0.25) is 4.90 Å². The molecular formula is C15H30N2. The molecule has 0 bridgehead atoms. The highest BCUT2D eigenvalue weighted by atomic mass is 15.2. The first-order chi connectivity index (χ1) is 8.19. The maximum Gasteiger partial charge on any atom is 0.0309 e. The molecular weight excluding hydrogens is 208 g/mol. The predicted molar refractivity (Wildman–Crippen MR) is 74.1 cm³/mol. The van der Waals surface area contributed by atoms with Crippen LogP contribution in [0.25, 0.3) is 0 Å². The van der Waals surface area contributed by atoms with E-state index in [2.05, 4.69) is 18.7 Å². The number of likely N-dealkylation sites (tertiary alicyclic amines) is 1. The van der Waals surface area contributed by atoms with Crippen LogP contribution in [0.1, 0.15) is 65.2 Å². The molecule has 2 atom stereocenters. The van der Waals surface area contributed by atoms with E-state index in [1.54, 1.807) is 0 Å². The Kier molecular flexibility index (Phi) is 4.48. The summed E-state index contributed by atoms with van der Waals surface area (Å²) in [5, 5.41) is 0. The minimum absolute atomic E-state index is 0.270. The first-order valence-electron chi connectivity index (χ1n) is 7.66. The predicted octanol–water partition coefficient (Wildman–Crippen LogP) is 3.16. The Bertz CT molecular complexity index is 237. The van der Waals surface area contributed by atoms with Crippen LogP contribution in [0, 0.1) is 5.92 Å². The molecule has 1 saturated heterocycles. The third-order valence-electron chi connectivity index (χ3n) is 4.91. The zero-order chi connectivity index (χ0) is 12.3. The number of rotatable bonds is 5. The monoisotopic (exact) mass is 238 g/mol. The summed E-state index contributed by atoms with van der Waals surface area (Å²) in [4.78, 5) is 2.78. The van der Waals surface area contributed by atoms with E-state index in [0.717, 1.165) is 18.5 Å². The van der Waals surface area contributed by atoms with E-state index >= 15 is 0 Å². The summed E-state index contributed by atoms with van der Waals surface area (Å²) in [5.41, 5.74) is 6.41. The van der Waals surface area contributed by atoms with E-state index < -0.39 is 0 Å². The van der Waals surface area contributed by atoms with Gasteiger partial charge in [-0.25, -0.2) is 0 Å². The van der Waals surface area contributed by atoms with E-state index in [1.807, 2.05) is 0 Å². The van der Waals surface area contributed by atoms with Crippen LogP contribution in [-0.2, 0) is 0 Å². The van der Waals surface area contributed by atoms with Crippen LogP contribution in [0.5, 0.6) is 0 Å². The SMILES string of the molecule is CCC1CCCCCN1C(C)(CN)CC1CC1. The molecule has 2 nitrogen and oxygen atoms in total. The van der Waals surface area contributed by atoms with Gasteiger partial charge < -0.3 is 5.73 Å². The molecule has 0 radical (unpaired) electrons. The van der Waals surface area contributed by atoms with E-state index in [9.17, 15) is 0 Å². The summed E-state index contributed by atoms with van der Waals surface area (Å²) < 4.78 is 0. The van der Waals surface area contributed by atoms with E-state index in [-0.39, 0.29) is 5.54 Å². The molecule has 0 spiro atoms. The summed E-state index contributed by atoms with van der Waals surface area (Å²) in [5.74, 6) is 0.976. The molecule has 2 N–H and O–H groups in total. The molecule has 0 amide bonds. The lowest BCUT2D eigenvalue weighted by atomic mass is 9.89. The standard InChI is InChI=1S/C15H30N2/c1-3-14-7-5-4-6-10-17(14)15(2,12-16)11-13-8-9-13/h13-14H,3-12,16H2,1-2H3. The summed E-state index contributed by atoms with van der Waals surface area (Å²) in [7, 11) is 0. The van der Waals surface area contributed by atoms with Gasteiger partial charge in [-0.05, 0) is 45.1 Å². The van der Waals surface area contributed by atoms with Crippen molar-refractivity contribution in [1.82, 2.24) is 4.90 Å². The van der Waals surface area contributed by atoms with Gasteiger partial charge in [0.2, 0.25) is 0 Å². The number of hydrogen-bond acceptors (Lipinski definition) is 2. The molecule has 1 heterocycles. The van der Waals surface area contributed by atoms with Gasteiger partial charge in [-0.15, -0.1) is 0 Å². The second kappa shape index (κ2) is 5.71. The molecule has 2 aliphatic rings. The lowest BCUT2D eigenvalue weighted by Gasteiger charge is -2.45. The Labute approximate surface area is 107 Å². The van der Waals surface area contributed by atoms with Crippen molar-refractivity contribution in [3.63, 3.8) is 0 Å². The maximum atomic E-state index is 6.14. The summed E-state index contributed by atoms with van der Waals surface area (Å²) >= 11 is 0. The Morgan fingerprint density at radius 2 is 1.94 bits per heavy atom. The Hall–Kier alpha value is -0.0800. The highest BCUT2D eigenvalue weighted by Gasteiger charge is 2.39. The van der Waals surface area contributed by atoms with Crippen LogP contribution in [-0.4, -0.2) is 29.6 Å². The van der Waals surface area contributed by atoms with E-state index in [4.69, 9.17) is 5.73 Å². The third-order valence-corrected chi connectivity index (χ3v) is 4.91. The van der Waals surface area contributed by atoms with Crippen LogP contribution in [0.4, 0.5) is 0 Å². The van der Waals surface area contributed by atoms with Gasteiger partial charge in [-0.2, -0.15) is 0 Å². The summed E-state index contributed by atoms with van der Waals surface area (Å²) in [6, 6.07) is 0.782. The van der Waals surface area contributed by atoms with Crippen LogP contribution < -0.4 is 5.73 Å². The second-order valence-corrected chi connectivity index (χ2v) is 6.45. The third kappa shape index (κ3) is 3.23. The Morgan fingerprint density at radius 1 is 1.18 bits per heavy atom. The average molecular weight is 238 g/mol. The van der Waals surface area contributed by atoms with Gasteiger partial charge in [0.1, 0.15) is 0 Å². The molecule has 1 saturated carbocycles. The van der Waals surface area contributed by atoms with Crippen molar-refractivity contribution < 1.29 is 0 Å². The molecule has 17 heavy (non-hydrogen) atoms. The zero-order valence-corrected chi connectivity index (χ0v) is 11.8. The average Bonchev–Trinajstić information content (AvgIpc) is 3.14. The van der Waals surface area contributed by atoms with Crippen LogP contribution in [0.15, 0.2) is 0 Å². The first-order valence-corrected chi connectivity index (χ1v) is 7.66. The van der Waals surface area contributed by atoms with E-state index in [1.165, 1.54) is 57.9 Å². The molecule has 2 unspecified atom stereocenters. The van der Waals surface area contributed by atoms with Crippen LogP contribution in [0.2, 0.25) is 0 Å². The normalized spacial score (nSPS) is 30.9. The van der Waals surface area contributed by atoms with Gasteiger partial charge in [0, 0.05) is 18.1 Å². The molecule has 0 aromatic carbocycles. The van der Waals surface area contributed by atoms with Gasteiger partial charge in [0.25, 0.3) is 0 Å². The summed E-state index contributed by atoms with van der Waals surface area (Å²) in [6.07, 6.45) is 11.1. The second-order valence-electron chi connectivity index (χ2n) is 6.45. The van der Waals surface area contributed by atoms with Crippen molar-refractivity contribution in [3.05, 3.63) is 0 Å². The fourth-order valence-corrected chi connectivity index (χ4v) is 3.57. The molecule has 2 rings (SSSR count). The van der Waals surface area contributed by atoms with Gasteiger partial charge in [0.15, 0.2) is 0 Å². The minimum atomic E-state index is 0.270. The van der Waals surface area contributed by atoms with Crippen molar-refractivity contribution in [2.45, 2.75) is 76.8 Å². The molecule has 1 aliphatic heterocycles. The van der Waals surface area contributed by atoms with Crippen LogP contribution in [0.3, 0.4) is 0 Å². The maximum absolute atomic E-state index is 6.14. The van der Waals surface area contributed by atoms with Crippen molar-refractivity contribution in [2.24, 2.45) is 11.7 Å². The van der Waals surface area contributed by atoms with Crippen LogP contribution >= 0.6 is 0 Å². The highest BCUT2D eigenvalue weighted by Crippen LogP contribution is 2.40. The Balaban J connectivity index is 2.07. The number of nitrogens with zero attached hydrogens (tertiary/aromatic N) is 1. The largest absolute Gasteiger partial charge is 0.329 e. The quantitative estimate of drug-likeness (QED) is 0.797. The van der Waals surface area contributed by atoms with Gasteiger partial charge in [0.05, 0.1) is 0 Å². The highest BCUT2D eigenvalue weighted by molar-refractivity contribution is 4.96. The molecule has 1 aliphatic carbocycles. The van der Waals surface area contributed by atoms with Gasteiger partial charge >= 0.3 is 0 Å². The first kappa shape index (κ1) is 13.4. The lowest BCUT2D eigenvalue weighted by molar-refractivity contribution is 0.0499. The topological polar surface area (TPSA) is 29.3 Å². The fraction of sp³-hybridized carbons (Fsp3) is 1.00. The molecule has 0 aromatic rings. The van der Waals surface area contributed by atoms with Crippen molar-refractivity contribution >= 4 is 0 Å². The smallest absolute Gasteiger partial charge is 0.0309 e. The number of nitrogens with two attached hydrogens (primary N) is 1.